The van der Waals surface area contributed by atoms with Crippen LogP contribution in [0.5, 0.6) is 0 Å². The molecule has 49 heavy (non-hydrogen) atoms. The van der Waals surface area contributed by atoms with E-state index in [0.717, 1.165) is 103 Å². The van der Waals surface area contributed by atoms with Crippen molar-refractivity contribution in [1.82, 2.24) is 4.90 Å². The molecule has 0 spiro atoms. The van der Waals surface area contributed by atoms with Gasteiger partial charge in [-0.3, -0.25) is 0 Å². The molecule has 0 saturated heterocycles. The maximum Gasteiger partial charge on any atom is 0.154 e. The second-order valence-electron chi connectivity index (χ2n) is 14.8. The van der Waals surface area contributed by atoms with E-state index in [1.807, 2.05) is 0 Å². The Morgan fingerprint density at radius 3 is 1.43 bits per heavy atom. The third kappa shape index (κ3) is 34.4. The first-order chi connectivity index (χ1) is 24.0. The molecule has 0 aliphatic rings. The molecule has 0 radical (unpaired) electrons. The second-order valence-corrected chi connectivity index (χ2v) is 14.8. The van der Waals surface area contributed by atoms with Crippen molar-refractivity contribution in [2.45, 2.75) is 239 Å². The summed E-state index contributed by atoms with van der Waals surface area (Å²) >= 11 is 0. The van der Waals surface area contributed by atoms with Gasteiger partial charge in [0.05, 0.1) is 12.2 Å². The third-order valence-corrected chi connectivity index (χ3v) is 10.1. The average molecular weight is 697 g/mol. The van der Waals surface area contributed by atoms with Gasteiger partial charge in [0.1, 0.15) is 0 Å². The summed E-state index contributed by atoms with van der Waals surface area (Å²) in [7, 11) is 0. The van der Waals surface area contributed by atoms with Crippen LogP contribution < -0.4 is 5.73 Å². The molecule has 0 heterocycles. The standard InChI is InChI=1S/C43H88N2O4/c1-5-9-11-13-16-20-24-32-41(33-25-21-17-14-12-10-6-2)49-43(47)35-27-30-38-45(39-31-28-36-44)37-29-23-19-15-18-22-26-34-42(46)48-40(7-3)8-4/h13,16,40-43,46-47H,5-12,14-15,17-39,44H2,1-4H3/b16-13+. The topological polar surface area (TPSA) is 88.2 Å². The molecular weight excluding hydrogens is 608 g/mol. The van der Waals surface area contributed by atoms with Crippen molar-refractivity contribution in [3.05, 3.63) is 12.2 Å². The Morgan fingerprint density at radius 2 is 0.878 bits per heavy atom. The average Bonchev–Trinajstić information content (AvgIpc) is 3.10. The van der Waals surface area contributed by atoms with Crippen LogP contribution in [0.15, 0.2) is 12.2 Å². The van der Waals surface area contributed by atoms with Crippen molar-refractivity contribution in [1.29, 1.82) is 0 Å². The minimum absolute atomic E-state index is 0.183. The number of nitrogens with two attached hydrogens (primary N) is 1. The number of ether oxygens (including phenoxy) is 2. The Bertz CT molecular complexity index is 660. The summed E-state index contributed by atoms with van der Waals surface area (Å²) in [6.45, 7) is 12.9. The number of hydrogen-bond donors (Lipinski definition) is 3. The first-order valence-corrected chi connectivity index (χ1v) is 21.7. The molecule has 3 unspecified atom stereocenters. The molecule has 0 amide bonds. The van der Waals surface area contributed by atoms with Crippen molar-refractivity contribution in [2.24, 2.45) is 5.73 Å². The Hall–Kier alpha value is -0.500. The monoisotopic (exact) mass is 697 g/mol. The lowest BCUT2D eigenvalue weighted by Crippen LogP contribution is -2.28. The van der Waals surface area contributed by atoms with Crippen molar-refractivity contribution < 1.29 is 19.7 Å². The highest BCUT2D eigenvalue weighted by molar-refractivity contribution is 4.81. The number of nitrogens with zero attached hydrogens (tertiary/aromatic N) is 1. The summed E-state index contributed by atoms with van der Waals surface area (Å²) < 4.78 is 12.0. The van der Waals surface area contributed by atoms with Crippen LogP contribution in [0.4, 0.5) is 0 Å². The summed E-state index contributed by atoms with van der Waals surface area (Å²) in [5.41, 5.74) is 5.79. The zero-order valence-corrected chi connectivity index (χ0v) is 33.5. The van der Waals surface area contributed by atoms with Gasteiger partial charge in [0.2, 0.25) is 0 Å². The summed E-state index contributed by atoms with van der Waals surface area (Å²) in [6, 6.07) is 0. The van der Waals surface area contributed by atoms with Gasteiger partial charge >= 0.3 is 0 Å². The first kappa shape index (κ1) is 48.5. The van der Waals surface area contributed by atoms with E-state index in [1.54, 1.807) is 0 Å². The van der Waals surface area contributed by atoms with Gasteiger partial charge in [0.25, 0.3) is 0 Å². The van der Waals surface area contributed by atoms with Gasteiger partial charge in [-0.1, -0.05) is 130 Å². The molecule has 0 aromatic rings. The zero-order chi connectivity index (χ0) is 36.0. The van der Waals surface area contributed by atoms with Gasteiger partial charge in [-0.05, 0) is 122 Å². The number of allylic oxidation sites excluding steroid dienone is 2. The Labute approximate surface area is 306 Å². The quantitative estimate of drug-likeness (QED) is 0.0336. The molecule has 0 saturated carbocycles. The number of rotatable bonds is 40. The zero-order valence-electron chi connectivity index (χ0n) is 33.5. The fraction of sp³-hybridized carbons (Fsp3) is 0.953. The minimum atomic E-state index is -0.638. The molecular formula is C43H88N2O4. The van der Waals surface area contributed by atoms with E-state index in [9.17, 15) is 10.2 Å². The van der Waals surface area contributed by atoms with E-state index in [-0.39, 0.29) is 12.2 Å². The Balaban J connectivity index is 4.35. The van der Waals surface area contributed by atoms with Crippen LogP contribution >= 0.6 is 0 Å². The fourth-order valence-electron chi connectivity index (χ4n) is 6.70. The van der Waals surface area contributed by atoms with Gasteiger partial charge in [-0.2, -0.15) is 0 Å². The summed E-state index contributed by atoms with van der Waals surface area (Å²) in [5, 5.41) is 20.9. The molecule has 0 aliphatic heterocycles. The molecule has 6 nitrogen and oxygen atoms in total. The molecule has 294 valence electrons. The Kier molecular flexibility index (Phi) is 38.3. The Morgan fingerprint density at radius 1 is 0.469 bits per heavy atom. The number of unbranched alkanes of at least 4 members (excludes halogenated alkanes) is 17. The van der Waals surface area contributed by atoms with Crippen molar-refractivity contribution >= 4 is 0 Å². The van der Waals surface area contributed by atoms with E-state index >= 15 is 0 Å². The molecule has 0 aromatic carbocycles. The predicted octanol–water partition coefficient (Wildman–Crippen LogP) is 11.6. The van der Waals surface area contributed by atoms with E-state index in [0.29, 0.717) is 0 Å². The highest BCUT2D eigenvalue weighted by Crippen LogP contribution is 2.19. The largest absolute Gasteiger partial charge is 0.368 e. The van der Waals surface area contributed by atoms with Gasteiger partial charge < -0.3 is 30.3 Å². The molecule has 4 N–H and O–H groups in total. The molecule has 0 fully saturated rings. The third-order valence-electron chi connectivity index (χ3n) is 10.1. The van der Waals surface area contributed by atoms with E-state index in [2.05, 4.69) is 44.7 Å². The van der Waals surface area contributed by atoms with Crippen LogP contribution in [0.3, 0.4) is 0 Å². The normalized spacial score (nSPS) is 14.1. The smallest absolute Gasteiger partial charge is 0.154 e. The van der Waals surface area contributed by atoms with Crippen LogP contribution in [0.2, 0.25) is 0 Å². The van der Waals surface area contributed by atoms with Gasteiger partial charge in [-0.25, -0.2) is 0 Å². The second kappa shape index (κ2) is 38.7. The molecule has 6 heteroatoms. The van der Waals surface area contributed by atoms with Gasteiger partial charge in [0, 0.05) is 0 Å². The lowest BCUT2D eigenvalue weighted by molar-refractivity contribution is -0.144. The fourth-order valence-corrected chi connectivity index (χ4v) is 6.70. The number of hydrogen-bond acceptors (Lipinski definition) is 6. The van der Waals surface area contributed by atoms with Crippen LogP contribution in [-0.4, -0.2) is 66.1 Å². The highest BCUT2D eigenvalue weighted by atomic mass is 16.6. The molecule has 0 aromatic heterocycles. The van der Waals surface area contributed by atoms with Gasteiger partial charge in [0.15, 0.2) is 12.6 Å². The van der Waals surface area contributed by atoms with Crippen LogP contribution in [0.1, 0.15) is 214 Å². The van der Waals surface area contributed by atoms with E-state index in [1.165, 1.54) is 109 Å². The van der Waals surface area contributed by atoms with E-state index < -0.39 is 12.6 Å². The van der Waals surface area contributed by atoms with Crippen molar-refractivity contribution in [3.8, 4) is 0 Å². The van der Waals surface area contributed by atoms with E-state index in [4.69, 9.17) is 15.2 Å². The molecule has 0 bridgehead atoms. The summed E-state index contributed by atoms with van der Waals surface area (Å²) in [4.78, 5) is 2.63. The van der Waals surface area contributed by atoms with Crippen LogP contribution in [0, 0.1) is 0 Å². The molecule has 3 atom stereocenters. The summed E-state index contributed by atoms with van der Waals surface area (Å²) in [6.07, 6.45) is 37.6. The minimum Gasteiger partial charge on any atom is -0.368 e. The van der Waals surface area contributed by atoms with Crippen LogP contribution in [0.25, 0.3) is 0 Å². The maximum absolute atomic E-state index is 10.8. The highest BCUT2D eigenvalue weighted by Gasteiger charge is 2.15. The maximum atomic E-state index is 10.8. The first-order valence-electron chi connectivity index (χ1n) is 21.7. The molecule has 0 aliphatic carbocycles. The lowest BCUT2D eigenvalue weighted by Gasteiger charge is -2.24. The SMILES string of the molecule is CCCC/C=C/CCCC(CCCCCCCCC)OC(O)CCCCN(CCCCN)CCCCCCCCCC(O)OC(CC)CC. The van der Waals surface area contributed by atoms with Crippen LogP contribution in [-0.2, 0) is 9.47 Å². The molecule has 0 rings (SSSR count). The number of aliphatic hydroxyl groups excluding tert-OH is 2. The summed E-state index contributed by atoms with van der Waals surface area (Å²) in [5.74, 6) is 0. The van der Waals surface area contributed by atoms with Crippen molar-refractivity contribution in [3.63, 3.8) is 0 Å². The number of aliphatic hydroxyl groups is 2. The lowest BCUT2D eigenvalue weighted by atomic mass is 10.0. The predicted molar refractivity (Wildman–Crippen MR) is 213 cm³/mol. The van der Waals surface area contributed by atoms with Crippen molar-refractivity contribution in [2.75, 3.05) is 26.2 Å². The van der Waals surface area contributed by atoms with Gasteiger partial charge in [-0.15, -0.1) is 0 Å².